The van der Waals surface area contributed by atoms with E-state index < -0.39 is 357 Å². The number of aliphatic hydroxyl groups is 10. The average molecular weight is 1990 g/mol. The number of hydrogen-bond donors (Lipinski definition) is 10. The molecule has 1 spiro atoms. The summed E-state index contributed by atoms with van der Waals surface area (Å²) in [6.45, 7) is 34.7. The zero-order chi connectivity index (χ0) is 99.9. The number of hydrogen-bond acceptors (Lipinski definition) is 36. The highest BCUT2D eigenvalue weighted by Crippen LogP contribution is 2.84. The number of carbonyl (C=O) groups excluding carboxylic acids is 13. The SMILES string of the molecule is CC(=O)O[C@H]1C[C@H]2[C@H]([C@@H]3[C@@H](O)[C@@H]4[C@H]([C@H](C)C=C5OC(=O)[C@@](C)(OC(C)=O)[C@@]54C)[C@]31C)[C@@H](O)C(=O)[C@H]1C[C@@H]3O[C@@H]3[C@H](OC(C)=O)[C@@]12C.CC(=O)O[C@H]1C[C@H]2[C@H]([C@@H]3[C@@H](O)[C@@H]4[C@H]([C@H](C)[C@@H](O)[C@]5(Cl)OC(=O)[C@@](C)(O)[C@]45C)[C@]31C)[C@@H](O)C(=O)[C@H]1C[C@@H](Cl)[C@H](O)[C@H](OC(C)=O)[C@@]12C.CC(=O)O[C@H]1C[C@H]2[C@H]([C@@H]3[C@@H](O)[C@@H]4[C@H]([C@H](C)[C@H]5O[C@]56OC(=O)[C@@](C)(O)[C@]46C)[C@]31C)[C@@H](O)C(=O)[C@H]1C[C@@H]3O[C@@H]3[C@H](OC(C)=O)[C@@]12C.Cl. The molecule has 20 fully saturated rings. The second-order valence-electron chi connectivity index (χ2n) is 47.2. The molecule has 0 aromatic rings. The molecule has 0 unspecified atom stereocenters. The van der Waals surface area contributed by atoms with E-state index in [1.807, 2.05) is 47.6 Å². The zero-order valence-corrected chi connectivity index (χ0v) is 83.1. The van der Waals surface area contributed by atoms with Crippen molar-refractivity contribution in [1.29, 1.82) is 0 Å². The van der Waals surface area contributed by atoms with Crippen molar-refractivity contribution in [2.24, 2.45) is 173 Å². The summed E-state index contributed by atoms with van der Waals surface area (Å²) in [4.78, 5) is 170. The first-order valence-electron chi connectivity index (χ1n) is 48.3. The maximum Gasteiger partial charge on any atom is 0.356 e. The first-order chi connectivity index (χ1) is 62.8. The molecule has 55 atom stereocenters. The van der Waals surface area contributed by atoms with E-state index in [0.29, 0.717) is 18.6 Å². The van der Waals surface area contributed by atoms with E-state index in [4.69, 9.17) is 84.8 Å². The van der Waals surface area contributed by atoms with Gasteiger partial charge < -0.3 is 113 Å². The number of fused-ring (bicyclic) bond motifs is 28. The topological polar surface area (TPSA) is 554 Å². The van der Waals surface area contributed by atoms with Gasteiger partial charge in [-0.1, -0.05) is 80.8 Å². The molecule has 0 aromatic heterocycles. The number of alkyl halides is 2. The number of carbonyl (C=O) groups is 13. The molecule has 137 heavy (non-hydrogen) atoms. The summed E-state index contributed by atoms with van der Waals surface area (Å²) in [6, 6.07) is 0. The van der Waals surface area contributed by atoms with Gasteiger partial charge in [-0.25, -0.2) is 14.4 Å². The third-order valence-corrected chi connectivity index (χ3v) is 43.4. The van der Waals surface area contributed by atoms with Crippen molar-refractivity contribution in [2.45, 2.75) is 340 Å². The van der Waals surface area contributed by atoms with E-state index in [1.54, 1.807) is 34.6 Å². The Kier molecular flexibility index (Phi) is 23.0. The van der Waals surface area contributed by atoms with Crippen molar-refractivity contribution in [3.8, 4) is 0 Å². The molecule has 0 bridgehead atoms. The lowest BCUT2D eigenvalue weighted by molar-refractivity contribution is -0.250. The van der Waals surface area contributed by atoms with Gasteiger partial charge in [0.05, 0.1) is 52.1 Å². The maximum absolute atomic E-state index is 14.2. The lowest BCUT2D eigenvalue weighted by Crippen LogP contribution is -2.72. The van der Waals surface area contributed by atoms with Gasteiger partial charge in [0.15, 0.2) is 28.6 Å². The van der Waals surface area contributed by atoms with E-state index in [0.717, 1.165) is 0 Å². The highest BCUT2D eigenvalue weighted by molar-refractivity contribution is 6.26. The molecule has 10 N–H and O–H groups in total. The van der Waals surface area contributed by atoms with Crippen molar-refractivity contribution >= 4 is 113 Å². The van der Waals surface area contributed by atoms with Crippen LogP contribution in [0.1, 0.15) is 191 Å². The van der Waals surface area contributed by atoms with Gasteiger partial charge in [-0.2, -0.15) is 0 Å². The first kappa shape index (κ1) is 101. The molecular formula is C98H131Cl3O36. The fourth-order valence-corrected chi connectivity index (χ4v) is 37.1. The van der Waals surface area contributed by atoms with Crippen LogP contribution in [0.4, 0.5) is 0 Å². The molecule has 6 saturated heterocycles. The highest BCUT2D eigenvalue weighted by atomic mass is 35.5. The van der Waals surface area contributed by atoms with Crippen LogP contribution in [0.2, 0.25) is 0 Å². The summed E-state index contributed by atoms with van der Waals surface area (Å²) in [6.07, 6.45) is -15.5. The largest absolute Gasteiger partial charge is 0.462 e. The van der Waals surface area contributed by atoms with E-state index >= 15 is 0 Å². The number of halogens is 3. The van der Waals surface area contributed by atoms with Crippen LogP contribution in [0.15, 0.2) is 11.8 Å². The molecule has 6 aliphatic heterocycles. The Balaban J connectivity index is 0.000000136. The molecule has 14 saturated carbocycles. The number of ether oxygens (including phenoxy) is 13. The second kappa shape index (κ2) is 31.2. The van der Waals surface area contributed by atoms with Gasteiger partial charge in [-0.05, 0) is 132 Å². The van der Waals surface area contributed by atoms with Crippen LogP contribution in [-0.2, 0) is 124 Å². The van der Waals surface area contributed by atoms with Gasteiger partial charge in [0, 0.05) is 152 Å². The fourth-order valence-electron chi connectivity index (χ4n) is 36.3. The summed E-state index contributed by atoms with van der Waals surface area (Å²) in [5, 5.41) is 117. The van der Waals surface area contributed by atoms with Crippen molar-refractivity contribution in [3.63, 3.8) is 0 Å². The Morgan fingerprint density at radius 3 is 1.18 bits per heavy atom. The van der Waals surface area contributed by atoms with Gasteiger partial charge in [0.1, 0.15) is 91.2 Å². The number of aliphatic hydroxyl groups excluding tert-OH is 8. The Morgan fingerprint density at radius 1 is 0.409 bits per heavy atom. The van der Waals surface area contributed by atoms with Crippen molar-refractivity contribution in [1.82, 2.24) is 0 Å². The molecule has 0 aromatic carbocycles. The molecule has 0 amide bonds. The van der Waals surface area contributed by atoms with Crippen LogP contribution in [0.25, 0.3) is 0 Å². The molecule has 21 aliphatic rings. The number of esters is 10. The highest BCUT2D eigenvalue weighted by Gasteiger charge is 2.94. The van der Waals surface area contributed by atoms with Crippen LogP contribution in [0.3, 0.4) is 0 Å². The third kappa shape index (κ3) is 12.1. The molecular weight excluding hydrogens is 1860 g/mol. The normalized spacial score (nSPS) is 58.1. The van der Waals surface area contributed by atoms with Crippen molar-refractivity contribution in [2.75, 3.05) is 0 Å². The summed E-state index contributed by atoms with van der Waals surface area (Å²) in [7, 11) is 0. The van der Waals surface area contributed by atoms with Gasteiger partial charge in [-0.15, -0.1) is 24.0 Å². The molecule has 760 valence electrons. The summed E-state index contributed by atoms with van der Waals surface area (Å²) >= 11 is 13.5. The first-order valence-corrected chi connectivity index (χ1v) is 49.1. The van der Waals surface area contributed by atoms with Crippen LogP contribution in [-0.4, -0.2) is 277 Å². The van der Waals surface area contributed by atoms with Gasteiger partial charge in [0.2, 0.25) is 16.4 Å². The van der Waals surface area contributed by atoms with Crippen LogP contribution in [0.5, 0.6) is 0 Å². The summed E-state index contributed by atoms with van der Waals surface area (Å²) in [5.41, 5.74) is -17.1. The number of ketones is 3. The monoisotopic (exact) mass is 1990 g/mol. The Labute approximate surface area is 808 Å². The predicted molar refractivity (Wildman–Crippen MR) is 466 cm³/mol. The number of Topliss-reactive ketones (excluding diaryl/α,β-unsaturated/α-hetero) is 3. The second-order valence-corrected chi connectivity index (χ2v) is 48.3. The number of rotatable bonds is 7. The van der Waals surface area contributed by atoms with Crippen molar-refractivity contribution in [3.05, 3.63) is 11.8 Å². The molecule has 21 rings (SSSR count). The summed E-state index contributed by atoms with van der Waals surface area (Å²) < 4.78 is 76.6. The lowest BCUT2D eigenvalue weighted by atomic mass is 9.41. The van der Waals surface area contributed by atoms with E-state index in [9.17, 15) is 113 Å². The Bertz CT molecular complexity index is 5240. The van der Waals surface area contributed by atoms with E-state index in [2.05, 4.69) is 0 Å². The lowest BCUT2D eigenvalue weighted by Gasteiger charge is -2.65. The minimum atomic E-state index is -2.28. The van der Waals surface area contributed by atoms with Gasteiger partial charge in [-0.3, -0.25) is 47.9 Å². The number of allylic oxidation sites excluding steroid dienone is 1. The molecule has 36 nitrogen and oxygen atoms in total. The summed E-state index contributed by atoms with van der Waals surface area (Å²) in [5.74, 6) is -24.2. The van der Waals surface area contributed by atoms with Crippen LogP contribution < -0.4 is 0 Å². The molecule has 0 radical (unpaired) electrons. The Hall–Kier alpha value is -6.20. The predicted octanol–water partition coefficient (Wildman–Crippen LogP) is 3.72. The Morgan fingerprint density at radius 2 is 0.766 bits per heavy atom. The van der Waals surface area contributed by atoms with E-state index in [-0.39, 0.29) is 79.8 Å². The third-order valence-electron chi connectivity index (χ3n) is 42.3. The van der Waals surface area contributed by atoms with Gasteiger partial charge in [0.25, 0.3) is 0 Å². The molecule has 15 aliphatic carbocycles. The smallest absolute Gasteiger partial charge is 0.356 e. The van der Waals surface area contributed by atoms with Crippen molar-refractivity contribution < 1.29 is 175 Å². The van der Waals surface area contributed by atoms with Gasteiger partial charge >= 0.3 is 59.7 Å². The minimum absolute atomic E-state index is 0. The van der Waals surface area contributed by atoms with Crippen LogP contribution >= 0.6 is 35.6 Å². The zero-order valence-electron chi connectivity index (χ0n) is 80.7. The molecule has 6 heterocycles. The quantitative estimate of drug-likeness (QED) is 0.0751. The standard InChI is InChI=1S/C34H44O12.C32H44Cl2O12.C32H42O12.ClH/c1-12-9-20-33(7,34(8,30(41)45-20)46-15(4)37)24-22(12)32(6)19(42-13(2)35)11-16-21(23(32)27(24)40)26(39)25(38)17-10-18-28(44-18)29(31(16,17)5)43-14(3)36;1-10-18-20(30(6)31(7,43)27(42)46-32(30,34)25(10)41)24(40)19-17-13(9-16(29(18,19)5)44-11(2)35)28(4)14(21(37)23(17)39)8-15(33)22(38)26(28)45-12(3)36;1-10-18-20(30(6)31(7,39)27(38)44-32(30)25(10)43-32)23(37)19-17-13(9-16(29(18,19)5)40-11(2)33)28(4)14(21(35)22(17)36)8-15-24(42-15)26(28)41-12(3)34;/h9,12,16-19,21-24,26-29,39-40H,10-11H2,1-8H3;10,13-20,22-26,38-41,43H,8-9H2,1-7H3;10,13-20,22-26,36-37,39H,8-9H2,1-7H3;1H/t12-,16+,17-,18+,19+,21-,22+,23-,24+,26-,27-,28+,29+,31-,32-,33+,34-;10-,13-,14+,15+,16-,17+,18-,19+,20-,22-,23+,24+,25+,26-,28+,29+,30-,31+,32-;10-,13-,14+,15-,16-,17+,18-,19+,20-,22+,23+,24-,25+,26-,28+,29+,30-,31+,32-;/m100./s1. The molecule has 39 heteroatoms. The average Bonchev–Trinajstić information content (AvgIpc) is 1.44. The van der Waals surface area contributed by atoms with Crippen LogP contribution in [0, 0.1) is 173 Å². The number of epoxide rings is 3. The van der Waals surface area contributed by atoms with E-state index in [1.165, 1.54) is 76.2 Å². The fraction of sp³-hybridized carbons (Fsp3) is 0.847. The maximum atomic E-state index is 14.2. The minimum Gasteiger partial charge on any atom is -0.462 e.